The van der Waals surface area contributed by atoms with Gasteiger partial charge in [0.2, 0.25) is 0 Å². The molecule has 0 fully saturated rings. The first-order valence-corrected chi connectivity index (χ1v) is 6.76. The molecule has 0 spiro atoms. The van der Waals surface area contributed by atoms with Crippen molar-refractivity contribution in [3.63, 3.8) is 0 Å². The standard InChI is InChI=1S/C13H15Cl2NO5/c1-20-8-5-3-7(4-6-8)10(17)9(13(19)21-2)16-12(18)11(14)15/h3-6,9-11,17H,1-2H3,(H,16,18). The van der Waals surface area contributed by atoms with Crippen LogP contribution in [0.1, 0.15) is 11.7 Å². The highest BCUT2D eigenvalue weighted by atomic mass is 35.5. The van der Waals surface area contributed by atoms with Gasteiger partial charge in [-0.2, -0.15) is 0 Å². The number of methoxy groups -OCH3 is 2. The number of aliphatic hydroxyl groups is 1. The first-order chi connectivity index (χ1) is 9.90. The Morgan fingerprint density at radius 1 is 1.19 bits per heavy atom. The number of hydrogen-bond donors (Lipinski definition) is 2. The number of nitrogens with one attached hydrogen (secondary N) is 1. The van der Waals surface area contributed by atoms with Crippen LogP contribution in [0.4, 0.5) is 0 Å². The largest absolute Gasteiger partial charge is 0.497 e. The SMILES string of the molecule is COC(=O)C(NC(=O)C(Cl)Cl)C(O)c1ccc(OC)cc1. The van der Waals surface area contributed by atoms with Crippen LogP contribution in [0.25, 0.3) is 0 Å². The molecule has 8 heteroatoms. The van der Waals surface area contributed by atoms with Crippen molar-refractivity contribution < 1.29 is 24.2 Å². The molecule has 0 radical (unpaired) electrons. The van der Waals surface area contributed by atoms with E-state index in [4.69, 9.17) is 27.9 Å². The quantitative estimate of drug-likeness (QED) is 0.602. The Hall–Kier alpha value is -1.50. The predicted molar refractivity (Wildman–Crippen MR) is 77.4 cm³/mol. The Morgan fingerprint density at radius 3 is 2.19 bits per heavy atom. The number of ether oxygens (including phenoxy) is 2. The predicted octanol–water partition coefficient (Wildman–Crippen LogP) is 1.19. The molecule has 116 valence electrons. The van der Waals surface area contributed by atoms with Crippen molar-refractivity contribution in [2.45, 2.75) is 17.0 Å². The van der Waals surface area contributed by atoms with Gasteiger partial charge in [-0.25, -0.2) is 4.79 Å². The smallest absolute Gasteiger partial charge is 0.331 e. The molecule has 1 aromatic carbocycles. The Kier molecular flexibility index (Phi) is 6.74. The number of aliphatic hydroxyl groups excluding tert-OH is 1. The summed E-state index contributed by atoms with van der Waals surface area (Å²) in [5.74, 6) is -1.03. The molecule has 0 heterocycles. The third-order valence-corrected chi connectivity index (χ3v) is 3.12. The second-order valence-electron chi connectivity index (χ2n) is 4.03. The van der Waals surface area contributed by atoms with E-state index in [9.17, 15) is 14.7 Å². The summed E-state index contributed by atoms with van der Waals surface area (Å²) < 4.78 is 9.55. The van der Waals surface area contributed by atoms with E-state index in [1.54, 1.807) is 24.3 Å². The minimum Gasteiger partial charge on any atom is -0.497 e. The van der Waals surface area contributed by atoms with Gasteiger partial charge in [0.05, 0.1) is 14.2 Å². The molecule has 2 atom stereocenters. The molecule has 0 aromatic heterocycles. The van der Waals surface area contributed by atoms with Gasteiger partial charge in [-0.3, -0.25) is 4.79 Å². The lowest BCUT2D eigenvalue weighted by Gasteiger charge is -2.22. The van der Waals surface area contributed by atoms with E-state index >= 15 is 0 Å². The number of esters is 1. The van der Waals surface area contributed by atoms with Crippen molar-refractivity contribution in [2.24, 2.45) is 0 Å². The first-order valence-electron chi connectivity index (χ1n) is 5.89. The fourth-order valence-electron chi connectivity index (χ4n) is 1.60. The van der Waals surface area contributed by atoms with Crippen LogP contribution in [0.3, 0.4) is 0 Å². The van der Waals surface area contributed by atoms with Crippen molar-refractivity contribution in [3.8, 4) is 5.75 Å². The number of halogens is 2. The summed E-state index contributed by atoms with van der Waals surface area (Å²) in [6.45, 7) is 0. The summed E-state index contributed by atoms with van der Waals surface area (Å²) in [4.78, 5) is 21.8. The van der Waals surface area contributed by atoms with Crippen LogP contribution in [-0.2, 0) is 14.3 Å². The fourth-order valence-corrected chi connectivity index (χ4v) is 1.73. The van der Waals surface area contributed by atoms with E-state index < -0.39 is 28.9 Å². The summed E-state index contributed by atoms with van der Waals surface area (Å²) in [5, 5.41) is 12.5. The van der Waals surface area contributed by atoms with Gasteiger partial charge in [-0.1, -0.05) is 35.3 Å². The van der Waals surface area contributed by atoms with Crippen LogP contribution in [0, 0.1) is 0 Å². The lowest BCUT2D eigenvalue weighted by atomic mass is 10.0. The van der Waals surface area contributed by atoms with E-state index in [2.05, 4.69) is 10.1 Å². The second-order valence-corrected chi connectivity index (χ2v) is 5.12. The molecule has 0 saturated heterocycles. The molecule has 0 saturated carbocycles. The third kappa shape index (κ3) is 4.77. The molecule has 0 aliphatic carbocycles. The Labute approximate surface area is 131 Å². The molecular formula is C13H15Cl2NO5. The average Bonchev–Trinajstić information content (AvgIpc) is 2.50. The molecule has 2 unspecified atom stereocenters. The summed E-state index contributed by atoms with van der Waals surface area (Å²) in [6, 6.07) is 5.02. The zero-order chi connectivity index (χ0) is 16.0. The average molecular weight is 336 g/mol. The molecule has 0 aliphatic rings. The maximum Gasteiger partial charge on any atom is 0.331 e. The van der Waals surface area contributed by atoms with Crippen LogP contribution in [-0.4, -0.2) is 42.1 Å². The normalized spacial score (nSPS) is 13.4. The molecule has 2 N–H and O–H groups in total. The Balaban J connectivity index is 2.95. The summed E-state index contributed by atoms with van der Waals surface area (Å²) in [6.07, 6.45) is -1.32. The molecular weight excluding hydrogens is 321 g/mol. The number of hydrogen-bond acceptors (Lipinski definition) is 5. The van der Waals surface area contributed by atoms with Gasteiger partial charge in [-0.15, -0.1) is 0 Å². The fraction of sp³-hybridized carbons (Fsp3) is 0.385. The van der Waals surface area contributed by atoms with E-state index in [1.165, 1.54) is 7.11 Å². The molecule has 0 aliphatic heterocycles. The van der Waals surface area contributed by atoms with Crippen LogP contribution >= 0.6 is 23.2 Å². The summed E-state index contributed by atoms with van der Waals surface area (Å²) >= 11 is 10.8. The van der Waals surface area contributed by atoms with E-state index in [0.717, 1.165) is 7.11 Å². The number of carbonyl (C=O) groups excluding carboxylic acids is 2. The van der Waals surface area contributed by atoms with E-state index in [-0.39, 0.29) is 0 Å². The van der Waals surface area contributed by atoms with Gasteiger partial charge in [-0.05, 0) is 17.7 Å². The van der Waals surface area contributed by atoms with Crippen molar-refractivity contribution in [3.05, 3.63) is 29.8 Å². The summed E-state index contributed by atoms with van der Waals surface area (Å²) in [7, 11) is 2.64. The van der Waals surface area contributed by atoms with E-state index in [0.29, 0.717) is 11.3 Å². The number of carbonyl (C=O) groups is 2. The number of amides is 1. The molecule has 1 rings (SSSR count). The van der Waals surface area contributed by atoms with Crippen molar-refractivity contribution in [2.75, 3.05) is 14.2 Å². The van der Waals surface area contributed by atoms with Crippen molar-refractivity contribution in [1.29, 1.82) is 0 Å². The van der Waals surface area contributed by atoms with Crippen LogP contribution in [0.2, 0.25) is 0 Å². The first kappa shape index (κ1) is 17.6. The molecule has 0 bridgehead atoms. The van der Waals surface area contributed by atoms with Crippen LogP contribution in [0.15, 0.2) is 24.3 Å². The van der Waals surface area contributed by atoms with Gasteiger partial charge >= 0.3 is 5.97 Å². The van der Waals surface area contributed by atoms with Gasteiger partial charge in [0, 0.05) is 0 Å². The minimum absolute atomic E-state index is 0.396. The van der Waals surface area contributed by atoms with Gasteiger partial charge in [0.15, 0.2) is 10.9 Å². The highest BCUT2D eigenvalue weighted by molar-refractivity contribution is 6.53. The minimum atomic E-state index is -1.36. The lowest BCUT2D eigenvalue weighted by molar-refractivity contribution is -0.148. The van der Waals surface area contributed by atoms with E-state index in [1.807, 2.05) is 0 Å². The van der Waals surface area contributed by atoms with Gasteiger partial charge in [0.1, 0.15) is 11.9 Å². The van der Waals surface area contributed by atoms with Gasteiger partial charge < -0.3 is 19.9 Å². The monoisotopic (exact) mass is 335 g/mol. The molecule has 6 nitrogen and oxygen atoms in total. The topological polar surface area (TPSA) is 84.9 Å². The lowest BCUT2D eigenvalue weighted by Crippen LogP contribution is -2.47. The molecule has 1 aromatic rings. The Morgan fingerprint density at radius 2 is 1.76 bits per heavy atom. The highest BCUT2D eigenvalue weighted by Gasteiger charge is 2.32. The highest BCUT2D eigenvalue weighted by Crippen LogP contribution is 2.21. The molecule has 21 heavy (non-hydrogen) atoms. The number of alkyl halides is 2. The molecule has 1 amide bonds. The summed E-state index contributed by atoms with van der Waals surface area (Å²) in [5.41, 5.74) is 0.396. The second kappa shape index (κ2) is 8.07. The van der Waals surface area contributed by atoms with Crippen LogP contribution in [0.5, 0.6) is 5.75 Å². The number of rotatable bonds is 6. The van der Waals surface area contributed by atoms with Crippen molar-refractivity contribution >= 4 is 35.1 Å². The third-order valence-electron chi connectivity index (χ3n) is 2.72. The van der Waals surface area contributed by atoms with Gasteiger partial charge in [0.25, 0.3) is 5.91 Å². The van der Waals surface area contributed by atoms with Crippen molar-refractivity contribution in [1.82, 2.24) is 5.32 Å². The zero-order valence-electron chi connectivity index (χ0n) is 11.4. The van der Waals surface area contributed by atoms with Crippen LogP contribution < -0.4 is 10.1 Å². The zero-order valence-corrected chi connectivity index (χ0v) is 12.9. The Bertz CT molecular complexity index is 492. The maximum absolute atomic E-state index is 11.7. The number of benzene rings is 1. The maximum atomic E-state index is 11.7.